The molecule has 0 spiro atoms. The average molecular weight is 1790 g/mol. The fourth-order valence-corrected chi connectivity index (χ4v) is 18.1. The summed E-state index contributed by atoms with van der Waals surface area (Å²) >= 11 is 5.50. The molecule has 122 heavy (non-hydrogen) atoms. The largest absolute Gasteiger partial charge is 0.403 e. The van der Waals surface area contributed by atoms with Crippen LogP contribution in [0.3, 0.4) is 0 Å². The number of likely N-dealkylation sites (N-methyl/N-ethyl adjacent to an activating group) is 1. The molecule has 3 aromatic carbocycles. The van der Waals surface area contributed by atoms with E-state index in [1.165, 1.54) is 73.3 Å². The van der Waals surface area contributed by atoms with Gasteiger partial charge in [0.25, 0.3) is 0 Å². The normalized spacial score (nSPS) is 18.4. The fourth-order valence-electron chi connectivity index (χ4n) is 15.1. The number of carbonyl (C=O) groups excluding carboxylic acids is 3. The predicted molar refractivity (Wildman–Crippen MR) is 474 cm³/mol. The number of morpholine rings is 1. The molecule has 6 aliphatic heterocycles. The Morgan fingerprint density at radius 1 is 0.557 bits per heavy atom. The van der Waals surface area contributed by atoms with Crippen molar-refractivity contribution in [2.75, 3.05) is 153 Å². The number of halogens is 9. The minimum absolute atomic E-state index is 0. The molecule has 5 aromatic heterocycles. The number of amidine groups is 1. The number of nitrogens with zero attached hydrogens (tertiary/aromatic N) is 16. The lowest BCUT2D eigenvalue weighted by atomic mass is 10.0. The zero-order chi connectivity index (χ0) is 86.3. The van der Waals surface area contributed by atoms with Gasteiger partial charge >= 0.3 is 18.5 Å². The Balaban J connectivity index is 0.000000335. The van der Waals surface area contributed by atoms with Gasteiger partial charge in [-0.15, -0.1) is 11.3 Å². The number of hydrogen-bond acceptors (Lipinski definition) is 27. The maximum absolute atomic E-state index is 13.3. The molecule has 8 aromatic rings. The van der Waals surface area contributed by atoms with Gasteiger partial charge in [-0.1, -0.05) is 0 Å². The number of H-pyrrole nitrogens is 1. The summed E-state index contributed by atoms with van der Waals surface area (Å²) in [7, 11) is 2.17. The molecule has 670 valence electrons. The molecule has 1 saturated carbocycles. The average Bonchev–Trinajstić information content (AvgIpc) is 1.59. The van der Waals surface area contributed by atoms with Gasteiger partial charge in [0.15, 0.2) is 32.2 Å². The number of hydrogen-bond donors (Lipinski definition) is 8. The van der Waals surface area contributed by atoms with Crippen molar-refractivity contribution in [1.82, 2.24) is 64.7 Å². The number of aromatic nitrogens is 9. The summed E-state index contributed by atoms with van der Waals surface area (Å²) in [5, 5.41) is 23.0. The Kier molecular flexibility index (Phi) is 30.1. The summed E-state index contributed by atoms with van der Waals surface area (Å²) in [5.74, 6) is 1.70. The third kappa shape index (κ3) is 26.5. The number of thiazole rings is 1. The number of aryl methyl sites for hydroxylation is 2. The maximum atomic E-state index is 13.3. The van der Waals surface area contributed by atoms with E-state index < -0.39 is 54.5 Å². The Bertz CT molecular complexity index is 4920. The van der Waals surface area contributed by atoms with Crippen molar-refractivity contribution in [2.45, 2.75) is 165 Å². The highest BCUT2D eigenvalue weighted by Gasteiger charge is 2.68. The third-order valence-corrected chi connectivity index (χ3v) is 25.1. The first-order valence-electron chi connectivity index (χ1n) is 40.4. The van der Waals surface area contributed by atoms with Gasteiger partial charge in [-0.05, 0) is 219 Å². The number of alkyl halides is 9. The van der Waals surface area contributed by atoms with Crippen molar-refractivity contribution in [3.63, 3.8) is 0 Å². The van der Waals surface area contributed by atoms with Gasteiger partial charge in [-0.2, -0.15) is 44.6 Å². The standard InChI is InChI=1S/C28H33F3N8O2S.C27H33F3N8OS2.C26H33F3N8OS.8H2/c1-18-16-23(37-36-18)33-22-17-24(39-10-6-20(7-11-39)38-12-14-41-15-13-38)35-26(34-22)42-21-4-2-19(3-5-21)32-25(40)27(8-9-27)28(29,30)31;1-18-17-31-25(40-18)33-22-15-23(38-9-7-20(8-10-38)37-13-11-36(2)12-14-37)35-26(34-22)41-21-5-3-19(4-6-21)32-24(39)16-27(28,29)30;1-17(30)14-21(31)33-22-15-23(37-12-8-19(9-13-37)36-10-2-3-11-36)35-25(34-22)39-20-6-4-18(5-7-20)32-24(38)16-26(27,28)29;;;;;;;;/h2-5,16-17,20H,6-15H2,1H3,(H,32,40)(H2,33,34,35,36,37);3-6,15,17,20H,7-14,16H2,1-2H3,(H,32,39)(H,31,33,34,35);4-7,14-15,19H,2-3,8-13,16,30H2,1H3,(H,32,38)(H2,31,33,34,35);8*1H. The highest BCUT2D eigenvalue weighted by molar-refractivity contribution is 7.99. The van der Waals surface area contributed by atoms with Crippen molar-refractivity contribution in [2.24, 2.45) is 21.9 Å². The molecule has 7 aliphatic rings. The number of likely N-dealkylation sites (tertiary alicyclic amines) is 1. The number of piperidine rings is 3. The number of ether oxygens (including phenoxy) is 1. The Labute approximate surface area is 729 Å². The third-order valence-electron chi connectivity index (χ3n) is 21.6. The smallest absolute Gasteiger partial charge is 0.402 e. The molecular formula is C81H115F9N24O4S4. The van der Waals surface area contributed by atoms with E-state index in [4.69, 9.17) is 41.1 Å². The zero-order valence-electron chi connectivity index (χ0n) is 67.9. The number of carbonyl (C=O) groups is 3. The second-order valence-electron chi connectivity index (χ2n) is 31.0. The molecule has 6 saturated heterocycles. The van der Waals surface area contributed by atoms with Gasteiger partial charge in [0.1, 0.15) is 53.2 Å². The van der Waals surface area contributed by atoms with Crippen LogP contribution < -0.4 is 52.8 Å². The van der Waals surface area contributed by atoms with Gasteiger partial charge in [0, 0.05) is 187 Å². The van der Waals surface area contributed by atoms with Crippen LogP contribution in [0.1, 0.15) is 106 Å². The van der Waals surface area contributed by atoms with Crippen molar-refractivity contribution in [3.05, 3.63) is 126 Å². The van der Waals surface area contributed by atoms with Crippen molar-refractivity contribution >= 4 is 133 Å². The second kappa shape index (κ2) is 40.8. The molecule has 1 aliphatic carbocycles. The first-order valence-corrected chi connectivity index (χ1v) is 43.7. The summed E-state index contributed by atoms with van der Waals surface area (Å²) in [5.41, 5.74) is 11.8. The molecule has 15 rings (SSSR count). The summed E-state index contributed by atoms with van der Waals surface area (Å²) in [4.78, 5) is 93.1. The Hall–Kier alpha value is -9.62. The molecule has 0 atom stereocenters. The van der Waals surface area contributed by atoms with Crippen molar-refractivity contribution in [1.29, 1.82) is 0 Å². The van der Waals surface area contributed by atoms with Crippen LogP contribution in [-0.2, 0) is 19.1 Å². The highest BCUT2D eigenvalue weighted by Crippen LogP contribution is 2.58. The summed E-state index contributed by atoms with van der Waals surface area (Å²) in [6.45, 7) is 21.2. The van der Waals surface area contributed by atoms with Crippen LogP contribution >= 0.6 is 46.6 Å². The SMILES string of the molecule is CC(N)=CC(N)=Nc1cc(N2CCC(N3CCCC3)CC2)nc(Sc2ccc(NC(=O)CC(F)(F)F)cc2)n1.Cc1cc(Nc2cc(N3CCC(N4CCOCC4)CC3)nc(Sc3ccc(NC(=O)C4(C(F)(F)F)CC4)cc3)n2)n[nH]1.Cc1cnc(Nc2cc(N3CCC(N4CCN(C)CC4)CC3)nc(Sc3ccc(NC(=O)CC(F)(F)F)cc3)n2)s1.[HH].[HH].[HH].[HH].[HH].[HH].[HH].[HH]. The van der Waals surface area contributed by atoms with E-state index in [1.807, 2.05) is 44.3 Å². The number of nitrogens with two attached hydrogens (primary N) is 2. The van der Waals surface area contributed by atoms with Gasteiger partial charge in [0.05, 0.1) is 13.2 Å². The lowest BCUT2D eigenvalue weighted by Gasteiger charge is -2.42. The lowest BCUT2D eigenvalue weighted by molar-refractivity contribution is -0.189. The fraction of sp³-hybridized carbons (Fsp3) is 0.481. The van der Waals surface area contributed by atoms with Crippen LogP contribution in [0.15, 0.2) is 150 Å². The molecule has 0 radical (unpaired) electrons. The van der Waals surface area contributed by atoms with Crippen molar-refractivity contribution < 1.29 is 70.0 Å². The predicted octanol–water partition coefficient (Wildman–Crippen LogP) is 16.6. The van der Waals surface area contributed by atoms with E-state index in [9.17, 15) is 53.9 Å². The van der Waals surface area contributed by atoms with E-state index in [0.29, 0.717) is 73.9 Å². The molecule has 3 amide bonds. The van der Waals surface area contributed by atoms with Gasteiger partial charge in [0.2, 0.25) is 17.7 Å². The molecule has 11 heterocycles. The number of aliphatic imine (C=N–C) groups is 1. The maximum Gasteiger partial charge on any atom is 0.403 e. The molecule has 0 bridgehead atoms. The molecule has 41 heteroatoms. The van der Waals surface area contributed by atoms with Crippen LogP contribution in [-0.4, -0.2) is 237 Å². The van der Waals surface area contributed by atoms with Gasteiger partial charge in [-0.3, -0.25) is 29.3 Å². The van der Waals surface area contributed by atoms with E-state index in [0.717, 1.165) is 178 Å². The molecule has 28 nitrogen and oxygen atoms in total. The van der Waals surface area contributed by atoms with Gasteiger partial charge in [-0.25, -0.2) is 39.9 Å². The summed E-state index contributed by atoms with van der Waals surface area (Å²) in [6.07, 6.45) is -4.82. The molecule has 10 N–H and O–H groups in total. The number of anilines is 10. The van der Waals surface area contributed by atoms with E-state index >= 15 is 0 Å². The number of nitrogens with one attached hydrogen (secondary N) is 6. The minimum Gasteiger partial charge on any atom is -0.402 e. The van der Waals surface area contributed by atoms with E-state index in [2.05, 4.69) is 93.1 Å². The zero-order valence-corrected chi connectivity index (χ0v) is 71.2. The van der Waals surface area contributed by atoms with Crippen molar-refractivity contribution in [3.8, 4) is 0 Å². The van der Waals surface area contributed by atoms with Crippen LogP contribution in [0.4, 0.5) is 102 Å². The van der Waals surface area contributed by atoms with Crippen LogP contribution in [0.5, 0.6) is 0 Å². The number of aromatic amines is 1. The Morgan fingerprint density at radius 3 is 1.39 bits per heavy atom. The van der Waals surface area contributed by atoms with E-state index in [1.54, 1.807) is 85.0 Å². The second-order valence-corrected chi connectivity index (χ2v) is 35.4. The van der Waals surface area contributed by atoms with Crippen LogP contribution in [0.25, 0.3) is 0 Å². The van der Waals surface area contributed by atoms with Crippen LogP contribution in [0, 0.1) is 19.3 Å². The topological polar surface area (TPSA) is 327 Å². The van der Waals surface area contributed by atoms with Gasteiger partial charge < -0.3 is 67.3 Å². The Morgan fingerprint density at radius 2 is 0.984 bits per heavy atom. The first-order chi connectivity index (χ1) is 58.3. The molecule has 0 unspecified atom stereocenters. The summed E-state index contributed by atoms with van der Waals surface area (Å²) < 4.78 is 120. The monoisotopic (exact) mass is 1790 g/mol. The number of allylic oxidation sites excluding steroid dienone is 1. The summed E-state index contributed by atoms with van der Waals surface area (Å²) in [6, 6.07) is 29.0. The quantitative estimate of drug-likeness (QED) is 0.0121. The molecule has 7 fully saturated rings. The van der Waals surface area contributed by atoms with Crippen LogP contribution in [0.2, 0.25) is 0 Å². The lowest BCUT2D eigenvalue weighted by Crippen LogP contribution is -2.52. The first kappa shape index (κ1) is 90.1. The highest BCUT2D eigenvalue weighted by atomic mass is 32.2. The number of piperazine rings is 1. The number of amides is 3. The number of benzene rings is 3. The minimum atomic E-state index is -4.56. The number of rotatable bonds is 24. The van der Waals surface area contributed by atoms with E-state index in [-0.39, 0.29) is 35.8 Å². The molecular weight excluding hydrogens is 1670 g/mol.